The van der Waals surface area contributed by atoms with Crippen molar-refractivity contribution in [1.82, 2.24) is 0 Å². The van der Waals surface area contributed by atoms with E-state index in [-0.39, 0.29) is 0 Å². The molecule has 2 aromatic carbocycles. The summed E-state index contributed by atoms with van der Waals surface area (Å²) in [6.45, 7) is 2.24. The summed E-state index contributed by atoms with van der Waals surface area (Å²) in [5.41, 5.74) is 15.0. The average molecular weight is 256 g/mol. The highest BCUT2D eigenvalue weighted by Gasteiger charge is 2.03. The van der Waals surface area contributed by atoms with Crippen molar-refractivity contribution in [2.75, 3.05) is 11.5 Å². The molecule has 0 spiro atoms. The maximum absolute atomic E-state index is 6.13. The summed E-state index contributed by atoms with van der Waals surface area (Å²) in [7, 11) is 0. The van der Waals surface area contributed by atoms with Gasteiger partial charge in [0.25, 0.3) is 0 Å². The molecule has 0 heterocycles. The predicted molar refractivity (Wildman–Crippen MR) is 85.2 cm³/mol. The van der Waals surface area contributed by atoms with Crippen LogP contribution in [-0.4, -0.2) is 0 Å². The van der Waals surface area contributed by atoms with Crippen LogP contribution >= 0.6 is 0 Å². The number of benzene rings is 2. The molecule has 2 aromatic rings. The number of anilines is 2. The van der Waals surface area contributed by atoms with Gasteiger partial charge in [0.15, 0.2) is 0 Å². The van der Waals surface area contributed by atoms with E-state index < -0.39 is 0 Å². The fourth-order valence-electron chi connectivity index (χ4n) is 2.52. The zero-order valence-electron chi connectivity index (χ0n) is 11.8. The first-order valence-corrected chi connectivity index (χ1v) is 7.28. The molecule has 2 heteroatoms. The van der Waals surface area contributed by atoms with Crippen LogP contribution < -0.4 is 11.5 Å². The molecule has 19 heavy (non-hydrogen) atoms. The molecule has 0 unspecified atom stereocenters. The smallest absolute Gasteiger partial charge is 0.0352 e. The number of unbranched alkanes of at least 4 members (excludes halogenated alkanes) is 4. The van der Waals surface area contributed by atoms with Crippen LogP contribution in [0.3, 0.4) is 0 Å². The van der Waals surface area contributed by atoms with Gasteiger partial charge in [0.1, 0.15) is 0 Å². The quantitative estimate of drug-likeness (QED) is 0.590. The summed E-state index contributed by atoms with van der Waals surface area (Å²) >= 11 is 0. The van der Waals surface area contributed by atoms with Crippen molar-refractivity contribution >= 4 is 22.1 Å². The third-order valence-electron chi connectivity index (χ3n) is 3.67. The van der Waals surface area contributed by atoms with E-state index in [4.69, 9.17) is 11.5 Å². The van der Waals surface area contributed by atoms with Crippen molar-refractivity contribution in [3.05, 3.63) is 35.9 Å². The van der Waals surface area contributed by atoms with E-state index in [2.05, 4.69) is 19.1 Å². The lowest BCUT2D eigenvalue weighted by molar-refractivity contribution is 0.633. The lowest BCUT2D eigenvalue weighted by Crippen LogP contribution is -1.96. The van der Waals surface area contributed by atoms with Gasteiger partial charge in [-0.15, -0.1) is 0 Å². The normalized spacial score (nSPS) is 11.0. The van der Waals surface area contributed by atoms with Gasteiger partial charge in [-0.25, -0.2) is 0 Å². The second-order valence-corrected chi connectivity index (χ2v) is 5.32. The Morgan fingerprint density at radius 3 is 2.42 bits per heavy atom. The Morgan fingerprint density at radius 1 is 0.842 bits per heavy atom. The van der Waals surface area contributed by atoms with Gasteiger partial charge in [-0.05, 0) is 53.4 Å². The van der Waals surface area contributed by atoms with Crippen LogP contribution in [0.15, 0.2) is 30.3 Å². The van der Waals surface area contributed by atoms with Crippen LogP contribution in [-0.2, 0) is 6.42 Å². The lowest BCUT2D eigenvalue weighted by atomic mass is 10.00. The molecule has 0 saturated heterocycles. The summed E-state index contributed by atoms with van der Waals surface area (Å²) in [5.74, 6) is 0. The van der Waals surface area contributed by atoms with Gasteiger partial charge in [-0.3, -0.25) is 0 Å². The van der Waals surface area contributed by atoms with Crippen molar-refractivity contribution < 1.29 is 0 Å². The van der Waals surface area contributed by atoms with Gasteiger partial charge in [-0.1, -0.05) is 38.7 Å². The summed E-state index contributed by atoms with van der Waals surface area (Å²) < 4.78 is 0. The average Bonchev–Trinajstić information content (AvgIpc) is 2.39. The largest absolute Gasteiger partial charge is 0.399 e. The summed E-state index contributed by atoms with van der Waals surface area (Å²) in [4.78, 5) is 0. The van der Waals surface area contributed by atoms with Crippen LogP contribution in [0.2, 0.25) is 0 Å². The second kappa shape index (κ2) is 6.46. The molecule has 0 saturated carbocycles. The Bertz CT molecular complexity index is 546. The molecule has 0 aliphatic rings. The van der Waals surface area contributed by atoms with Gasteiger partial charge >= 0.3 is 0 Å². The molecule has 2 nitrogen and oxygen atoms in total. The molecule has 4 N–H and O–H groups in total. The zero-order chi connectivity index (χ0) is 13.7. The fraction of sp³-hybridized carbons (Fsp3) is 0.412. The van der Waals surface area contributed by atoms with Gasteiger partial charge in [-0.2, -0.15) is 0 Å². The molecule has 0 radical (unpaired) electrons. The minimum Gasteiger partial charge on any atom is -0.399 e. The number of rotatable bonds is 6. The monoisotopic (exact) mass is 256 g/mol. The van der Waals surface area contributed by atoms with Crippen LogP contribution in [0.1, 0.15) is 44.6 Å². The second-order valence-electron chi connectivity index (χ2n) is 5.32. The SMILES string of the molecule is CCCCCCCc1cc2cc(N)ccc2cc1N. The van der Waals surface area contributed by atoms with Crippen LogP contribution in [0.25, 0.3) is 10.8 Å². The highest BCUT2D eigenvalue weighted by molar-refractivity contribution is 5.89. The Labute approximate surface area is 115 Å². The maximum Gasteiger partial charge on any atom is 0.0352 e. The van der Waals surface area contributed by atoms with Crippen LogP contribution in [0.5, 0.6) is 0 Å². The third kappa shape index (κ3) is 3.63. The minimum atomic E-state index is 0.811. The number of hydrogen-bond donors (Lipinski definition) is 2. The maximum atomic E-state index is 6.13. The van der Waals surface area contributed by atoms with Crippen molar-refractivity contribution in [2.24, 2.45) is 0 Å². The van der Waals surface area contributed by atoms with Gasteiger partial charge in [0.2, 0.25) is 0 Å². The first-order chi connectivity index (χ1) is 9.20. The Kier molecular flexibility index (Phi) is 4.67. The van der Waals surface area contributed by atoms with E-state index >= 15 is 0 Å². The molecule has 0 bridgehead atoms. The Hall–Kier alpha value is -1.70. The Balaban J connectivity index is 2.07. The highest BCUT2D eigenvalue weighted by Crippen LogP contribution is 2.25. The topological polar surface area (TPSA) is 52.0 Å². The third-order valence-corrected chi connectivity index (χ3v) is 3.67. The molecule has 102 valence electrons. The van der Waals surface area contributed by atoms with Gasteiger partial charge < -0.3 is 11.5 Å². The molecule has 0 amide bonds. The first-order valence-electron chi connectivity index (χ1n) is 7.28. The summed E-state index contributed by atoms with van der Waals surface area (Å²) in [5, 5.41) is 2.36. The Morgan fingerprint density at radius 2 is 1.63 bits per heavy atom. The van der Waals surface area contributed by atoms with E-state index in [9.17, 15) is 0 Å². The molecule has 0 aliphatic heterocycles. The van der Waals surface area contributed by atoms with E-state index in [1.807, 2.05) is 18.2 Å². The van der Waals surface area contributed by atoms with Crippen LogP contribution in [0, 0.1) is 0 Å². The first kappa shape index (κ1) is 13.7. The van der Waals surface area contributed by atoms with Crippen LogP contribution in [0.4, 0.5) is 11.4 Å². The van der Waals surface area contributed by atoms with Crippen molar-refractivity contribution in [1.29, 1.82) is 0 Å². The number of aryl methyl sites for hydroxylation is 1. The van der Waals surface area contributed by atoms with E-state index in [1.54, 1.807) is 0 Å². The van der Waals surface area contributed by atoms with Crippen molar-refractivity contribution in [3.8, 4) is 0 Å². The molecule has 2 rings (SSSR count). The molecule has 0 aliphatic carbocycles. The molecule has 0 aromatic heterocycles. The van der Waals surface area contributed by atoms with Crippen molar-refractivity contribution in [2.45, 2.75) is 45.4 Å². The minimum absolute atomic E-state index is 0.811. The van der Waals surface area contributed by atoms with Gasteiger partial charge in [0, 0.05) is 11.4 Å². The van der Waals surface area contributed by atoms with Gasteiger partial charge in [0.05, 0.1) is 0 Å². The molecular formula is C17H24N2. The predicted octanol–water partition coefficient (Wildman–Crippen LogP) is 4.52. The molecular weight excluding hydrogens is 232 g/mol. The summed E-state index contributed by atoms with van der Waals surface area (Å²) in [6, 6.07) is 10.2. The van der Waals surface area contributed by atoms with E-state index in [1.165, 1.54) is 48.4 Å². The fourth-order valence-corrected chi connectivity index (χ4v) is 2.52. The molecule has 0 fully saturated rings. The number of hydrogen-bond acceptors (Lipinski definition) is 2. The molecule has 0 atom stereocenters. The number of fused-ring (bicyclic) bond motifs is 1. The van der Waals surface area contributed by atoms with E-state index in [0.717, 1.165) is 17.8 Å². The van der Waals surface area contributed by atoms with E-state index in [0.29, 0.717) is 0 Å². The number of nitrogens with two attached hydrogens (primary N) is 2. The zero-order valence-corrected chi connectivity index (χ0v) is 11.8. The summed E-state index contributed by atoms with van der Waals surface area (Å²) in [6.07, 6.45) is 7.54. The van der Waals surface area contributed by atoms with Crippen molar-refractivity contribution in [3.63, 3.8) is 0 Å². The highest BCUT2D eigenvalue weighted by atomic mass is 14.6. The lowest BCUT2D eigenvalue weighted by Gasteiger charge is -2.09. The standard InChI is InChI=1S/C17H24N2/c1-2-3-4-5-6-7-14-10-15-11-16(18)9-8-13(15)12-17(14)19/h8-12H,2-7,18-19H2,1H3. The number of nitrogen functional groups attached to an aromatic ring is 2.